The fourth-order valence-corrected chi connectivity index (χ4v) is 4.43. The molecule has 144 valence electrons. The third kappa shape index (κ3) is 3.35. The lowest BCUT2D eigenvalue weighted by Gasteiger charge is -2.44. The highest BCUT2D eigenvalue weighted by Crippen LogP contribution is 2.46. The van der Waals surface area contributed by atoms with Crippen molar-refractivity contribution in [1.29, 1.82) is 0 Å². The summed E-state index contributed by atoms with van der Waals surface area (Å²) in [5.41, 5.74) is 1.08. The van der Waals surface area contributed by atoms with Gasteiger partial charge in [-0.05, 0) is 42.6 Å². The van der Waals surface area contributed by atoms with Gasteiger partial charge in [-0.2, -0.15) is 0 Å². The van der Waals surface area contributed by atoms with Crippen LogP contribution in [0.1, 0.15) is 35.7 Å². The average molecular weight is 374 g/mol. The summed E-state index contributed by atoms with van der Waals surface area (Å²) in [6.07, 6.45) is 3.65. The molecule has 1 saturated heterocycles. The van der Waals surface area contributed by atoms with Crippen molar-refractivity contribution in [2.45, 2.75) is 30.5 Å². The van der Waals surface area contributed by atoms with Crippen molar-refractivity contribution in [1.82, 2.24) is 9.88 Å². The fourth-order valence-electron chi connectivity index (χ4n) is 4.43. The van der Waals surface area contributed by atoms with Crippen molar-refractivity contribution in [2.24, 2.45) is 0 Å². The van der Waals surface area contributed by atoms with Crippen LogP contribution in [-0.2, 0) is 5.60 Å². The molecule has 4 heteroatoms. The molecule has 2 N–H and O–H groups in total. The van der Waals surface area contributed by atoms with Crippen LogP contribution in [0.25, 0.3) is 0 Å². The molecule has 2 heterocycles. The van der Waals surface area contributed by atoms with E-state index in [1.165, 1.54) is 0 Å². The molecule has 0 amide bonds. The van der Waals surface area contributed by atoms with Gasteiger partial charge in [-0.25, -0.2) is 0 Å². The number of aliphatic hydroxyl groups is 2. The van der Waals surface area contributed by atoms with Gasteiger partial charge < -0.3 is 10.2 Å². The van der Waals surface area contributed by atoms with Crippen molar-refractivity contribution in [3.8, 4) is 0 Å². The van der Waals surface area contributed by atoms with E-state index < -0.39 is 5.60 Å². The summed E-state index contributed by atoms with van der Waals surface area (Å²) < 4.78 is 0. The molecule has 0 bridgehead atoms. The second-order valence-corrected chi connectivity index (χ2v) is 7.38. The highest BCUT2D eigenvalue weighted by Gasteiger charge is 2.48. The minimum atomic E-state index is -1.35. The van der Waals surface area contributed by atoms with Gasteiger partial charge in [-0.3, -0.25) is 9.88 Å². The van der Waals surface area contributed by atoms with Crippen LogP contribution < -0.4 is 0 Å². The number of pyridine rings is 1. The van der Waals surface area contributed by atoms with E-state index in [0.29, 0.717) is 5.69 Å². The maximum atomic E-state index is 12.4. The Bertz CT molecular complexity index is 831. The van der Waals surface area contributed by atoms with E-state index in [1.807, 2.05) is 78.9 Å². The number of aliphatic hydroxyl groups excluding tert-OH is 1. The number of nitrogens with zero attached hydrogens (tertiary/aromatic N) is 2. The Hall–Kier alpha value is -2.53. The molecular formula is C24H26N2O2. The van der Waals surface area contributed by atoms with Gasteiger partial charge in [-0.1, -0.05) is 66.7 Å². The van der Waals surface area contributed by atoms with Crippen LogP contribution in [0.2, 0.25) is 0 Å². The number of hydrogen-bond donors (Lipinski definition) is 2. The van der Waals surface area contributed by atoms with Gasteiger partial charge in [-0.15, -0.1) is 0 Å². The van der Waals surface area contributed by atoms with Gasteiger partial charge in [0, 0.05) is 12.2 Å². The zero-order chi connectivity index (χ0) is 19.4. The van der Waals surface area contributed by atoms with Gasteiger partial charge in [0.05, 0.1) is 18.3 Å². The summed E-state index contributed by atoms with van der Waals surface area (Å²) in [5, 5.41) is 22.4. The molecule has 1 aromatic heterocycles. The van der Waals surface area contributed by atoms with Crippen LogP contribution >= 0.6 is 0 Å². The van der Waals surface area contributed by atoms with Crippen LogP contribution in [0.4, 0.5) is 0 Å². The minimum Gasteiger partial charge on any atom is -0.395 e. The van der Waals surface area contributed by atoms with Crippen molar-refractivity contribution < 1.29 is 10.2 Å². The van der Waals surface area contributed by atoms with Gasteiger partial charge >= 0.3 is 0 Å². The van der Waals surface area contributed by atoms with Crippen molar-refractivity contribution >= 4 is 0 Å². The topological polar surface area (TPSA) is 56.6 Å². The van der Waals surface area contributed by atoms with Crippen molar-refractivity contribution in [3.63, 3.8) is 0 Å². The second-order valence-electron chi connectivity index (χ2n) is 7.38. The SMILES string of the molecule is OC[C@@H]1CCCN1C(c1ccccc1)C(O)(c1ccccc1)c1ccccn1. The van der Waals surface area contributed by atoms with E-state index in [1.54, 1.807) is 6.20 Å². The van der Waals surface area contributed by atoms with Crippen LogP contribution in [0.5, 0.6) is 0 Å². The van der Waals surface area contributed by atoms with Crippen LogP contribution in [0.15, 0.2) is 85.1 Å². The summed E-state index contributed by atoms with van der Waals surface area (Å²) in [7, 11) is 0. The van der Waals surface area contributed by atoms with E-state index in [9.17, 15) is 10.2 Å². The van der Waals surface area contributed by atoms with E-state index in [4.69, 9.17) is 0 Å². The molecule has 3 aromatic rings. The Balaban J connectivity index is 1.94. The van der Waals surface area contributed by atoms with Crippen molar-refractivity contribution in [2.75, 3.05) is 13.2 Å². The van der Waals surface area contributed by atoms with Gasteiger partial charge in [0.25, 0.3) is 0 Å². The molecular weight excluding hydrogens is 348 g/mol. The second kappa shape index (κ2) is 8.23. The average Bonchev–Trinajstić information content (AvgIpc) is 3.24. The molecule has 4 nitrogen and oxygen atoms in total. The van der Waals surface area contributed by atoms with Gasteiger partial charge in [0.1, 0.15) is 0 Å². The first-order valence-electron chi connectivity index (χ1n) is 9.86. The summed E-state index contributed by atoms with van der Waals surface area (Å²) >= 11 is 0. The molecule has 0 spiro atoms. The summed E-state index contributed by atoms with van der Waals surface area (Å²) in [6.45, 7) is 0.906. The predicted octanol–water partition coefficient (Wildman–Crippen LogP) is 3.52. The lowest BCUT2D eigenvalue weighted by atomic mass is 9.78. The van der Waals surface area contributed by atoms with Gasteiger partial charge in [0.15, 0.2) is 5.60 Å². The lowest BCUT2D eigenvalue weighted by Crippen LogP contribution is -2.48. The van der Waals surface area contributed by atoms with Crippen LogP contribution in [0.3, 0.4) is 0 Å². The zero-order valence-corrected chi connectivity index (χ0v) is 15.9. The molecule has 1 fully saturated rings. The van der Waals surface area contributed by atoms with E-state index in [2.05, 4.69) is 9.88 Å². The molecule has 0 aliphatic carbocycles. The molecule has 3 atom stereocenters. The Kier molecular flexibility index (Phi) is 5.53. The zero-order valence-electron chi connectivity index (χ0n) is 15.9. The maximum absolute atomic E-state index is 12.4. The highest BCUT2D eigenvalue weighted by molar-refractivity contribution is 5.39. The van der Waals surface area contributed by atoms with Crippen LogP contribution in [-0.4, -0.2) is 39.3 Å². The Morgan fingerprint density at radius 2 is 1.64 bits per heavy atom. The lowest BCUT2D eigenvalue weighted by molar-refractivity contribution is -0.0384. The Labute approximate surface area is 166 Å². The minimum absolute atomic E-state index is 0.0177. The van der Waals surface area contributed by atoms with E-state index >= 15 is 0 Å². The quantitative estimate of drug-likeness (QED) is 0.693. The van der Waals surface area contributed by atoms with Crippen LogP contribution in [0, 0.1) is 0 Å². The van der Waals surface area contributed by atoms with E-state index in [0.717, 1.165) is 30.5 Å². The standard InChI is InChI=1S/C24H26N2O2/c27-18-21-14-9-17-26(21)23(19-10-3-1-4-11-19)24(28,20-12-5-2-6-13-20)22-15-7-8-16-25-22/h1-8,10-13,15-16,21,23,27-28H,9,14,17-18H2/t21-,23?,24?/m0/s1. The summed E-state index contributed by atoms with van der Waals surface area (Å²) in [5.74, 6) is 0. The molecule has 4 rings (SSSR count). The largest absolute Gasteiger partial charge is 0.395 e. The molecule has 28 heavy (non-hydrogen) atoms. The smallest absolute Gasteiger partial charge is 0.151 e. The molecule has 0 radical (unpaired) electrons. The molecule has 2 aromatic carbocycles. The molecule has 1 aliphatic heterocycles. The Morgan fingerprint density at radius 3 is 2.29 bits per heavy atom. The highest BCUT2D eigenvalue weighted by atomic mass is 16.3. The Morgan fingerprint density at radius 1 is 0.964 bits per heavy atom. The number of benzene rings is 2. The summed E-state index contributed by atoms with van der Waals surface area (Å²) in [6, 6.07) is 25.1. The molecule has 2 unspecified atom stereocenters. The third-order valence-corrected chi connectivity index (χ3v) is 5.75. The maximum Gasteiger partial charge on any atom is 0.151 e. The summed E-state index contributed by atoms with van der Waals surface area (Å²) in [4.78, 5) is 6.80. The molecule has 0 saturated carbocycles. The first kappa shape index (κ1) is 18.8. The van der Waals surface area contributed by atoms with Gasteiger partial charge in [0.2, 0.25) is 0 Å². The number of aromatic nitrogens is 1. The third-order valence-electron chi connectivity index (χ3n) is 5.75. The fraction of sp³-hybridized carbons (Fsp3) is 0.292. The normalized spacial score (nSPS) is 20.6. The monoisotopic (exact) mass is 374 g/mol. The number of rotatable bonds is 6. The van der Waals surface area contributed by atoms with E-state index in [-0.39, 0.29) is 18.7 Å². The first-order valence-corrected chi connectivity index (χ1v) is 9.86. The molecule has 1 aliphatic rings. The van der Waals surface area contributed by atoms with Crippen molar-refractivity contribution in [3.05, 3.63) is 102 Å². The number of likely N-dealkylation sites (tertiary alicyclic amines) is 1. The predicted molar refractivity (Wildman–Crippen MR) is 110 cm³/mol. The number of hydrogen-bond acceptors (Lipinski definition) is 4. The first-order chi connectivity index (χ1) is 13.7.